The highest BCUT2D eigenvalue weighted by Gasteiger charge is 2.62. The first-order chi connectivity index (χ1) is 16.5. The van der Waals surface area contributed by atoms with Gasteiger partial charge < -0.3 is 9.74 Å². The van der Waals surface area contributed by atoms with Crippen molar-refractivity contribution >= 4 is 21.5 Å². The first-order valence-electron chi connectivity index (χ1n) is 10.3. The second-order valence-electron chi connectivity index (χ2n) is 8.75. The molecule has 194 valence electrons. The van der Waals surface area contributed by atoms with Crippen molar-refractivity contribution in [2.24, 2.45) is 5.16 Å². The number of carbonyl (C=O) groups excluding carboxylic acids is 1. The molecule has 1 unspecified atom stereocenters. The Kier molecular flexibility index (Phi) is 6.09. The summed E-state index contributed by atoms with van der Waals surface area (Å²) in [4.78, 5) is 17.6. The van der Waals surface area contributed by atoms with E-state index in [1.807, 2.05) is 0 Å². The molecule has 2 aromatic rings. The van der Waals surface area contributed by atoms with Crippen molar-refractivity contribution in [3.05, 3.63) is 70.5 Å². The average molecular weight is 538 g/mol. The van der Waals surface area contributed by atoms with Gasteiger partial charge in [0, 0.05) is 18.2 Å². The van der Waals surface area contributed by atoms with E-state index in [2.05, 4.69) is 9.99 Å². The minimum absolute atomic E-state index is 0.0962. The van der Waals surface area contributed by atoms with Gasteiger partial charge in [-0.15, -0.1) is 0 Å². The fraction of sp³-hybridized carbons (Fsp3) is 0.364. The van der Waals surface area contributed by atoms with Crippen LogP contribution < -0.4 is 0 Å². The number of oxime groups is 1. The minimum Gasteiger partial charge on any atom is -0.374 e. The smallest absolute Gasteiger partial charge is 0.374 e. The van der Waals surface area contributed by atoms with Crippen LogP contribution in [0.2, 0.25) is 0 Å². The summed E-state index contributed by atoms with van der Waals surface area (Å²) in [6.07, 6.45) is -5.31. The van der Waals surface area contributed by atoms with Crippen molar-refractivity contribution in [1.82, 2.24) is 4.90 Å². The van der Waals surface area contributed by atoms with Crippen LogP contribution in [0.1, 0.15) is 23.1 Å². The average Bonchev–Trinajstić information content (AvgIpc) is 3.21. The van der Waals surface area contributed by atoms with Crippen LogP contribution in [0.3, 0.4) is 0 Å². The first-order valence-corrected chi connectivity index (χ1v) is 12.3. The predicted molar refractivity (Wildman–Crippen MR) is 112 cm³/mol. The molecule has 0 spiro atoms. The number of halogens is 7. The van der Waals surface area contributed by atoms with E-state index in [4.69, 9.17) is 0 Å². The zero-order chi connectivity index (χ0) is 26.7. The zero-order valence-corrected chi connectivity index (χ0v) is 19.2. The third-order valence-corrected chi connectivity index (χ3v) is 6.76. The molecule has 2 aromatic carbocycles. The number of carbonyl (C=O) groups is 1. The molecular weight excluding hydrogens is 521 g/mol. The van der Waals surface area contributed by atoms with Gasteiger partial charge in [-0.2, -0.15) is 13.2 Å². The summed E-state index contributed by atoms with van der Waals surface area (Å²) in [5.41, 5.74) is -6.34. The standard InChI is InChI=1S/C22H17F7N2O4S/c1-36(33,34)9-18(32)31-10-20(26,11-31)13-4-2-12(3-5-13)17-8-21(35-30-17,22(27,28)29)14-6-15(23)19(25)16(24)7-14/h2-7H,8-11H2,1H3. The quantitative estimate of drug-likeness (QED) is 0.430. The Morgan fingerprint density at radius 2 is 1.61 bits per heavy atom. The van der Waals surface area contributed by atoms with Crippen molar-refractivity contribution in [3.63, 3.8) is 0 Å². The molecule has 0 saturated carbocycles. The molecule has 36 heavy (non-hydrogen) atoms. The van der Waals surface area contributed by atoms with Crippen LogP contribution in [0.15, 0.2) is 41.6 Å². The van der Waals surface area contributed by atoms with E-state index >= 15 is 4.39 Å². The van der Waals surface area contributed by atoms with E-state index in [0.29, 0.717) is 0 Å². The molecule has 0 N–H and O–H groups in total. The lowest BCUT2D eigenvalue weighted by atomic mass is 9.84. The van der Waals surface area contributed by atoms with Crippen LogP contribution in [0.25, 0.3) is 0 Å². The number of nitrogens with zero attached hydrogens (tertiary/aromatic N) is 2. The topological polar surface area (TPSA) is 76.0 Å². The van der Waals surface area contributed by atoms with Crippen LogP contribution in [-0.2, 0) is 30.7 Å². The number of hydrogen-bond acceptors (Lipinski definition) is 5. The summed E-state index contributed by atoms with van der Waals surface area (Å²) >= 11 is 0. The molecule has 2 aliphatic heterocycles. The predicted octanol–water partition coefficient (Wildman–Crippen LogP) is 3.74. The lowest BCUT2D eigenvalue weighted by Gasteiger charge is -2.44. The van der Waals surface area contributed by atoms with Gasteiger partial charge in [0.05, 0.1) is 18.8 Å². The highest BCUT2D eigenvalue weighted by Crippen LogP contribution is 2.49. The summed E-state index contributed by atoms with van der Waals surface area (Å²) in [5, 5.41) is 3.43. The van der Waals surface area contributed by atoms with Gasteiger partial charge in [0.25, 0.3) is 5.60 Å². The van der Waals surface area contributed by atoms with Crippen LogP contribution in [-0.4, -0.2) is 56.2 Å². The maximum Gasteiger partial charge on any atom is 0.435 e. The second-order valence-corrected chi connectivity index (χ2v) is 10.9. The fourth-order valence-corrected chi connectivity index (χ4v) is 4.67. The van der Waals surface area contributed by atoms with Crippen LogP contribution >= 0.6 is 0 Å². The maximum absolute atomic E-state index is 15.2. The number of sulfone groups is 1. The van der Waals surface area contributed by atoms with Crippen LogP contribution in [0, 0.1) is 17.5 Å². The Morgan fingerprint density at radius 3 is 2.11 bits per heavy atom. The molecule has 2 heterocycles. The zero-order valence-electron chi connectivity index (χ0n) is 18.4. The first kappa shape index (κ1) is 25.9. The lowest BCUT2D eigenvalue weighted by molar-refractivity contribution is -0.276. The summed E-state index contributed by atoms with van der Waals surface area (Å²) < 4.78 is 120. The number of likely N-dealkylation sites (tertiary alicyclic amines) is 1. The summed E-state index contributed by atoms with van der Waals surface area (Å²) in [5.74, 6) is -7.10. The summed E-state index contributed by atoms with van der Waals surface area (Å²) in [6.45, 7) is -0.798. The minimum atomic E-state index is -5.19. The molecule has 0 radical (unpaired) electrons. The van der Waals surface area contributed by atoms with E-state index in [1.165, 1.54) is 24.3 Å². The summed E-state index contributed by atoms with van der Waals surface area (Å²) in [6, 6.07) is 5.43. The number of benzene rings is 2. The molecule has 0 bridgehead atoms. The van der Waals surface area contributed by atoms with E-state index in [9.17, 15) is 39.6 Å². The third-order valence-electron chi connectivity index (χ3n) is 5.99. The highest BCUT2D eigenvalue weighted by molar-refractivity contribution is 7.91. The molecule has 1 saturated heterocycles. The van der Waals surface area contributed by atoms with Crippen molar-refractivity contribution in [2.45, 2.75) is 23.9 Å². The number of amides is 1. The normalized spacial score (nSPS) is 21.6. The van der Waals surface area contributed by atoms with Crippen LogP contribution in [0.5, 0.6) is 0 Å². The lowest BCUT2D eigenvalue weighted by Crippen LogP contribution is -2.59. The van der Waals surface area contributed by atoms with Crippen LogP contribution in [0.4, 0.5) is 30.7 Å². The monoisotopic (exact) mass is 538 g/mol. The molecule has 0 aromatic heterocycles. The van der Waals surface area contributed by atoms with Crippen molar-refractivity contribution in [2.75, 3.05) is 25.1 Å². The molecule has 1 atom stereocenters. The van der Waals surface area contributed by atoms with Gasteiger partial charge in [-0.3, -0.25) is 4.79 Å². The van der Waals surface area contributed by atoms with Gasteiger partial charge in [0.1, 0.15) is 5.75 Å². The third kappa shape index (κ3) is 4.53. The Balaban J connectivity index is 1.52. The van der Waals surface area contributed by atoms with Crippen molar-refractivity contribution < 1.29 is 48.8 Å². The van der Waals surface area contributed by atoms with E-state index < -0.39 is 81.5 Å². The SMILES string of the molecule is CS(=O)(=O)CC(=O)N1CC(F)(c2ccc(C3=NOC(c4cc(F)c(F)c(F)c4)(C(F)(F)F)C3)cc2)C1. The van der Waals surface area contributed by atoms with E-state index in [-0.39, 0.29) is 29.0 Å². The van der Waals surface area contributed by atoms with Crippen molar-refractivity contribution in [1.29, 1.82) is 0 Å². The Hall–Kier alpha value is -3.16. The maximum atomic E-state index is 15.2. The molecule has 4 rings (SSSR count). The number of hydrogen-bond donors (Lipinski definition) is 0. The molecule has 14 heteroatoms. The Bertz CT molecular complexity index is 1330. The van der Waals surface area contributed by atoms with Gasteiger partial charge in [-0.05, 0) is 23.3 Å². The van der Waals surface area contributed by atoms with Gasteiger partial charge in [-0.25, -0.2) is 26.0 Å². The number of rotatable bonds is 5. The molecule has 0 aliphatic carbocycles. The molecule has 2 aliphatic rings. The van der Waals surface area contributed by atoms with E-state index in [0.717, 1.165) is 11.2 Å². The largest absolute Gasteiger partial charge is 0.435 e. The van der Waals surface area contributed by atoms with Gasteiger partial charge >= 0.3 is 6.18 Å². The summed E-state index contributed by atoms with van der Waals surface area (Å²) in [7, 11) is -3.59. The van der Waals surface area contributed by atoms with Gasteiger partial charge in [-0.1, -0.05) is 29.4 Å². The Labute approximate surface area is 200 Å². The molecular formula is C22H17F7N2O4S. The van der Waals surface area contributed by atoms with E-state index in [1.54, 1.807) is 0 Å². The highest BCUT2D eigenvalue weighted by atomic mass is 32.2. The second kappa shape index (κ2) is 8.46. The molecule has 1 amide bonds. The molecule has 1 fully saturated rings. The van der Waals surface area contributed by atoms with Gasteiger partial charge in [0.2, 0.25) is 5.91 Å². The molecule has 6 nitrogen and oxygen atoms in total. The Morgan fingerprint density at radius 1 is 1.06 bits per heavy atom. The fourth-order valence-electron chi connectivity index (χ4n) is 4.04. The number of alkyl halides is 4. The van der Waals surface area contributed by atoms with Crippen molar-refractivity contribution in [3.8, 4) is 0 Å². The van der Waals surface area contributed by atoms with Gasteiger partial charge in [0.15, 0.2) is 33.0 Å².